The van der Waals surface area contributed by atoms with Gasteiger partial charge in [-0.25, -0.2) is 4.99 Å². The molecule has 0 aliphatic carbocycles. The van der Waals surface area contributed by atoms with Crippen molar-refractivity contribution < 1.29 is 5.11 Å². The highest BCUT2D eigenvalue weighted by molar-refractivity contribution is 5.79. The molecule has 0 spiro atoms. The van der Waals surface area contributed by atoms with Gasteiger partial charge in [0.15, 0.2) is 5.96 Å². The first-order valence-corrected chi connectivity index (χ1v) is 12.2. The first-order valence-electron chi connectivity index (χ1n) is 12.2. The summed E-state index contributed by atoms with van der Waals surface area (Å²) in [6, 6.07) is 8.82. The van der Waals surface area contributed by atoms with Crippen LogP contribution in [0, 0.1) is 0 Å². The SMILES string of the molecule is CCNC(=NCc1ccc(CN2CCC(O)CC2)cc1)NCC(C)(C)N1CCCCC1. The Hall–Kier alpha value is -1.63. The monoisotopic (exact) mass is 429 g/mol. The Kier molecular flexibility index (Phi) is 9.17. The van der Waals surface area contributed by atoms with Crippen molar-refractivity contribution in [1.82, 2.24) is 20.4 Å². The van der Waals surface area contributed by atoms with Crippen LogP contribution >= 0.6 is 0 Å². The average Bonchev–Trinajstić information content (AvgIpc) is 2.79. The van der Waals surface area contributed by atoms with Gasteiger partial charge < -0.3 is 15.7 Å². The zero-order chi connectivity index (χ0) is 22.1. The highest BCUT2D eigenvalue weighted by Gasteiger charge is 2.27. The Morgan fingerprint density at radius 1 is 1.00 bits per heavy atom. The number of hydrogen-bond acceptors (Lipinski definition) is 4. The molecule has 0 amide bonds. The predicted molar refractivity (Wildman–Crippen MR) is 129 cm³/mol. The molecule has 1 aromatic rings. The van der Waals surface area contributed by atoms with Gasteiger partial charge in [-0.2, -0.15) is 0 Å². The number of benzene rings is 1. The molecule has 31 heavy (non-hydrogen) atoms. The number of piperidine rings is 2. The van der Waals surface area contributed by atoms with Gasteiger partial charge in [-0.1, -0.05) is 30.7 Å². The summed E-state index contributed by atoms with van der Waals surface area (Å²) in [7, 11) is 0. The molecule has 3 rings (SSSR count). The third-order valence-corrected chi connectivity index (χ3v) is 6.65. The molecule has 2 fully saturated rings. The second-order valence-corrected chi connectivity index (χ2v) is 9.73. The third kappa shape index (κ3) is 7.78. The summed E-state index contributed by atoms with van der Waals surface area (Å²) < 4.78 is 0. The molecule has 2 saturated heterocycles. The van der Waals surface area contributed by atoms with Gasteiger partial charge in [0, 0.05) is 38.3 Å². The van der Waals surface area contributed by atoms with E-state index in [4.69, 9.17) is 4.99 Å². The lowest BCUT2D eigenvalue weighted by atomic mass is 9.98. The van der Waals surface area contributed by atoms with Crippen LogP contribution in [0.4, 0.5) is 0 Å². The van der Waals surface area contributed by atoms with Crippen molar-refractivity contribution in [2.45, 2.75) is 77.6 Å². The molecule has 0 radical (unpaired) electrons. The lowest BCUT2D eigenvalue weighted by Gasteiger charge is -2.41. The minimum Gasteiger partial charge on any atom is -0.393 e. The van der Waals surface area contributed by atoms with Gasteiger partial charge in [0.25, 0.3) is 0 Å². The maximum Gasteiger partial charge on any atom is 0.191 e. The molecule has 2 aliphatic rings. The Balaban J connectivity index is 1.50. The van der Waals surface area contributed by atoms with Crippen LogP contribution < -0.4 is 10.6 Å². The van der Waals surface area contributed by atoms with Crippen molar-refractivity contribution in [2.75, 3.05) is 39.3 Å². The minimum atomic E-state index is -0.110. The summed E-state index contributed by atoms with van der Waals surface area (Å²) in [5, 5.41) is 16.6. The molecular weight excluding hydrogens is 386 g/mol. The maximum atomic E-state index is 9.67. The van der Waals surface area contributed by atoms with E-state index in [0.29, 0.717) is 6.54 Å². The van der Waals surface area contributed by atoms with E-state index in [2.05, 4.69) is 65.5 Å². The van der Waals surface area contributed by atoms with E-state index in [1.807, 2.05) is 0 Å². The van der Waals surface area contributed by atoms with E-state index in [9.17, 15) is 5.11 Å². The Bertz CT molecular complexity index is 674. The van der Waals surface area contributed by atoms with E-state index in [0.717, 1.165) is 51.5 Å². The van der Waals surface area contributed by atoms with Crippen molar-refractivity contribution in [3.63, 3.8) is 0 Å². The number of aliphatic hydroxyl groups is 1. The molecule has 2 aliphatic heterocycles. The van der Waals surface area contributed by atoms with Crippen molar-refractivity contribution in [2.24, 2.45) is 4.99 Å². The van der Waals surface area contributed by atoms with Crippen molar-refractivity contribution in [1.29, 1.82) is 0 Å². The highest BCUT2D eigenvalue weighted by Crippen LogP contribution is 2.20. The van der Waals surface area contributed by atoms with Crippen LogP contribution in [0.5, 0.6) is 0 Å². The first-order chi connectivity index (χ1) is 15.0. The van der Waals surface area contributed by atoms with Gasteiger partial charge in [-0.3, -0.25) is 9.80 Å². The van der Waals surface area contributed by atoms with Crippen LogP contribution in [-0.4, -0.2) is 71.8 Å². The number of nitrogens with one attached hydrogen (secondary N) is 2. The normalized spacial score (nSPS) is 20.1. The summed E-state index contributed by atoms with van der Waals surface area (Å²) in [5.41, 5.74) is 2.69. The van der Waals surface area contributed by atoms with E-state index in [1.165, 1.54) is 43.5 Å². The summed E-state index contributed by atoms with van der Waals surface area (Å²) in [4.78, 5) is 9.86. The number of aliphatic imine (C=N–C) groups is 1. The molecule has 0 unspecified atom stereocenters. The number of guanidine groups is 1. The molecule has 0 atom stereocenters. The summed E-state index contributed by atoms with van der Waals surface area (Å²) in [6.45, 7) is 14.5. The van der Waals surface area contributed by atoms with Crippen LogP contribution in [0.3, 0.4) is 0 Å². The van der Waals surface area contributed by atoms with Crippen LogP contribution in [0.15, 0.2) is 29.3 Å². The second-order valence-electron chi connectivity index (χ2n) is 9.73. The lowest BCUT2D eigenvalue weighted by molar-refractivity contribution is 0.0792. The Morgan fingerprint density at radius 3 is 2.29 bits per heavy atom. The highest BCUT2D eigenvalue weighted by atomic mass is 16.3. The van der Waals surface area contributed by atoms with Crippen LogP contribution in [0.2, 0.25) is 0 Å². The second kappa shape index (κ2) is 11.8. The fourth-order valence-corrected chi connectivity index (χ4v) is 4.51. The Morgan fingerprint density at radius 2 is 1.65 bits per heavy atom. The van der Waals surface area contributed by atoms with E-state index >= 15 is 0 Å². The van der Waals surface area contributed by atoms with Gasteiger partial charge in [0.2, 0.25) is 0 Å². The number of rotatable bonds is 8. The zero-order valence-electron chi connectivity index (χ0n) is 19.9. The van der Waals surface area contributed by atoms with E-state index in [-0.39, 0.29) is 11.6 Å². The van der Waals surface area contributed by atoms with E-state index < -0.39 is 0 Å². The van der Waals surface area contributed by atoms with Gasteiger partial charge in [0.05, 0.1) is 12.6 Å². The van der Waals surface area contributed by atoms with Crippen LogP contribution in [-0.2, 0) is 13.1 Å². The molecule has 174 valence electrons. The molecule has 1 aromatic carbocycles. The molecule has 6 nitrogen and oxygen atoms in total. The molecule has 3 N–H and O–H groups in total. The summed E-state index contributed by atoms with van der Waals surface area (Å²) in [6.07, 6.45) is 5.66. The molecular formula is C25H43N5O. The minimum absolute atomic E-state index is 0.110. The first kappa shape index (κ1) is 24.0. The molecule has 0 bridgehead atoms. The van der Waals surface area contributed by atoms with Crippen molar-refractivity contribution in [3.05, 3.63) is 35.4 Å². The topological polar surface area (TPSA) is 63.1 Å². The standard InChI is InChI=1S/C25H43N5O/c1-4-26-24(28-20-25(2,3)30-14-6-5-7-15-30)27-18-21-8-10-22(11-9-21)19-29-16-12-23(31)13-17-29/h8-11,23,31H,4-7,12-20H2,1-3H3,(H2,26,27,28). The Labute approximate surface area is 189 Å². The smallest absolute Gasteiger partial charge is 0.191 e. The quantitative estimate of drug-likeness (QED) is 0.438. The van der Waals surface area contributed by atoms with Gasteiger partial charge in [-0.15, -0.1) is 0 Å². The van der Waals surface area contributed by atoms with E-state index in [1.54, 1.807) is 0 Å². The fraction of sp³-hybridized carbons (Fsp3) is 0.720. The van der Waals surface area contributed by atoms with Crippen molar-refractivity contribution in [3.8, 4) is 0 Å². The summed E-state index contributed by atoms with van der Waals surface area (Å²) >= 11 is 0. The average molecular weight is 430 g/mol. The molecule has 0 aromatic heterocycles. The molecule has 2 heterocycles. The van der Waals surface area contributed by atoms with Gasteiger partial charge >= 0.3 is 0 Å². The molecule has 0 saturated carbocycles. The summed E-state index contributed by atoms with van der Waals surface area (Å²) in [5.74, 6) is 0.892. The van der Waals surface area contributed by atoms with Gasteiger partial charge in [0.1, 0.15) is 0 Å². The number of likely N-dealkylation sites (tertiary alicyclic amines) is 2. The largest absolute Gasteiger partial charge is 0.393 e. The number of hydrogen-bond donors (Lipinski definition) is 3. The third-order valence-electron chi connectivity index (χ3n) is 6.65. The fourth-order valence-electron chi connectivity index (χ4n) is 4.51. The van der Waals surface area contributed by atoms with Crippen LogP contribution in [0.25, 0.3) is 0 Å². The number of nitrogens with zero attached hydrogens (tertiary/aromatic N) is 3. The number of aliphatic hydroxyl groups excluding tert-OH is 1. The predicted octanol–water partition coefficient (Wildman–Crippen LogP) is 2.96. The van der Waals surface area contributed by atoms with Gasteiger partial charge in [-0.05, 0) is 70.7 Å². The lowest BCUT2D eigenvalue weighted by Crippen LogP contribution is -2.54. The zero-order valence-corrected chi connectivity index (χ0v) is 19.9. The van der Waals surface area contributed by atoms with Crippen LogP contribution in [0.1, 0.15) is 64.0 Å². The maximum absolute atomic E-state index is 9.67. The molecule has 6 heteroatoms. The van der Waals surface area contributed by atoms with Crippen molar-refractivity contribution >= 4 is 5.96 Å².